The van der Waals surface area contributed by atoms with E-state index in [1.54, 1.807) is 7.11 Å². The average Bonchev–Trinajstić information content (AvgIpc) is 3.39. The summed E-state index contributed by atoms with van der Waals surface area (Å²) in [5.41, 5.74) is 7.15. The Morgan fingerprint density at radius 3 is 2.47 bits per heavy atom. The molecule has 1 aliphatic rings. The topological polar surface area (TPSA) is 63.4 Å². The van der Waals surface area contributed by atoms with Crippen LogP contribution in [0.4, 0.5) is 5.69 Å². The highest BCUT2D eigenvalue weighted by Gasteiger charge is 2.34. The lowest BCUT2D eigenvalue weighted by atomic mass is 9.93. The molecule has 5 rings (SSSR count). The summed E-state index contributed by atoms with van der Waals surface area (Å²) in [7, 11) is 1.64. The number of aryl methyl sites for hydroxylation is 2. The van der Waals surface area contributed by atoms with Crippen molar-refractivity contribution in [1.82, 2.24) is 15.5 Å². The average molecular weight is 497 g/mol. The fraction of sp³-hybridized carbons (Fsp3) is 0.207. The minimum atomic E-state index is -0.233. The Hall–Kier alpha value is -3.97. The standard InChI is InChI=1S/C29H28N4O2S/c1-5-20-11-13-21(14-12-20)26-25(19(3)33(29(36)30-26)23-15-9-18(2)10-16-23)28-31-27(32-35-28)22-7-6-8-24(17-22)34-4/h6-17,26H,5H2,1-4H3,(H,30,36). The molecule has 1 unspecified atom stereocenters. The Bertz CT molecular complexity index is 1420. The van der Waals surface area contributed by atoms with Crippen LogP contribution in [-0.4, -0.2) is 22.4 Å². The van der Waals surface area contributed by atoms with Crippen LogP contribution in [0.15, 0.2) is 83.0 Å². The van der Waals surface area contributed by atoms with Gasteiger partial charge >= 0.3 is 0 Å². The Morgan fingerprint density at radius 2 is 1.78 bits per heavy atom. The van der Waals surface area contributed by atoms with Crippen molar-refractivity contribution in [3.8, 4) is 17.1 Å². The van der Waals surface area contributed by atoms with Gasteiger partial charge in [0.1, 0.15) is 5.75 Å². The van der Waals surface area contributed by atoms with E-state index in [2.05, 4.69) is 72.9 Å². The van der Waals surface area contributed by atoms with Crippen molar-refractivity contribution in [1.29, 1.82) is 0 Å². The minimum absolute atomic E-state index is 0.233. The van der Waals surface area contributed by atoms with Gasteiger partial charge in [0.05, 0.1) is 18.7 Å². The second kappa shape index (κ2) is 9.95. The van der Waals surface area contributed by atoms with E-state index in [0.29, 0.717) is 16.8 Å². The predicted octanol–water partition coefficient (Wildman–Crippen LogP) is 6.48. The van der Waals surface area contributed by atoms with E-state index < -0.39 is 0 Å². The molecular weight excluding hydrogens is 468 g/mol. The SMILES string of the molecule is CCc1ccc(C2NC(=S)N(c3ccc(C)cc3)C(C)=C2c2nc(-c3cccc(OC)c3)no2)cc1. The molecule has 0 bridgehead atoms. The highest BCUT2D eigenvalue weighted by Crippen LogP contribution is 2.39. The lowest BCUT2D eigenvalue weighted by Crippen LogP contribution is -2.46. The number of nitrogens with one attached hydrogen (secondary N) is 1. The summed E-state index contributed by atoms with van der Waals surface area (Å²) in [6, 6.07) is 24.2. The van der Waals surface area contributed by atoms with Crippen molar-refractivity contribution in [3.05, 3.63) is 101 Å². The molecule has 3 aromatic carbocycles. The molecule has 7 heteroatoms. The number of thiocarbonyl (C=S) groups is 1. The summed E-state index contributed by atoms with van der Waals surface area (Å²) < 4.78 is 11.2. The number of rotatable bonds is 6. The molecule has 4 aromatic rings. The van der Waals surface area contributed by atoms with Gasteiger partial charge in [-0.15, -0.1) is 0 Å². The Balaban J connectivity index is 1.63. The first-order valence-corrected chi connectivity index (χ1v) is 12.3. The molecule has 6 nitrogen and oxygen atoms in total. The van der Waals surface area contributed by atoms with E-state index in [1.165, 1.54) is 11.1 Å². The number of aromatic nitrogens is 2. The molecule has 0 saturated heterocycles. The molecule has 0 saturated carbocycles. The van der Waals surface area contributed by atoms with Crippen LogP contribution in [-0.2, 0) is 6.42 Å². The van der Waals surface area contributed by atoms with E-state index in [4.69, 9.17) is 26.5 Å². The summed E-state index contributed by atoms with van der Waals surface area (Å²) in [6.45, 7) is 6.26. The number of hydrogen-bond donors (Lipinski definition) is 1. The van der Waals surface area contributed by atoms with E-state index >= 15 is 0 Å². The lowest BCUT2D eigenvalue weighted by Gasteiger charge is -2.37. The molecule has 0 radical (unpaired) electrons. The zero-order valence-electron chi connectivity index (χ0n) is 20.8. The molecule has 0 fully saturated rings. The van der Waals surface area contributed by atoms with Gasteiger partial charge in [-0.25, -0.2) is 0 Å². The Kier molecular flexibility index (Phi) is 6.57. The maximum absolute atomic E-state index is 5.87. The maximum Gasteiger partial charge on any atom is 0.258 e. The van der Waals surface area contributed by atoms with Crippen molar-refractivity contribution >= 4 is 28.6 Å². The second-order valence-electron chi connectivity index (χ2n) is 8.80. The Morgan fingerprint density at radius 1 is 1.03 bits per heavy atom. The maximum atomic E-state index is 5.87. The van der Waals surface area contributed by atoms with Crippen LogP contribution in [0.2, 0.25) is 0 Å². The third kappa shape index (κ3) is 4.50. The first-order valence-electron chi connectivity index (χ1n) is 11.9. The summed E-state index contributed by atoms with van der Waals surface area (Å²) in [6.07, 6.45) is 0.979. The van der Waals surface area contributed by atoms with Crippen LogP contribution in [0.5, 0.6) is 5.75 Å². The monoisotopic (exact) mass is 496 g/mol. The zero-order valence-corrected chi connectivity index (χ0v) is 21.6. The van der Waals surface area contributed by atoms with Gasteiger partial charge in [-0.1, -0.05) is 66.2 Å². The number of ether oxygens (including phenoxy) is 1. The number of anilines is 1. The highest BCUT2D eigenvalue weighted by molar-refractivity contribution is 7.80. The normalized spacial score (nSPS) is 15.7. The van der Waals surface area contributed by atoms with Gasteiger partial charge in [0.15, 0.2) is 5.11 Å². The lowest BCUT2D eigenvalue weighted by molar-refractivity contribution is 0.403. The fourth-order valence-corrected chi connectivity index (χ4v) is 4.79. The van der Waals surface area contributed by atoms with Crippen LogP contribution in [0, 0.1) is 6.92 Å². The number of hydrogen-bond acceptors (Lipinski definition) is 5. The molecule has 1 N–H and O–H groups in total. The van der Waals surface area contributed by atoms with Gasteiger partial charge in [0, 0.05) is 16.9 Å². The fourth-order valence-electron chi connectivity index (χ4n) is 4.43. The largest absolute Gasteiger partial charge is 0.497 e. The third-order valence-corrected chi connectivity index (χ3v) is 6.78. The minimum Gasteiger partial charge on any atom is -0.497 e. The predicted molar refractivity (Wildman–Crippen MR) is 147 cm³/mol. The Labute approximate surface area is 216 Å². The van der Waals surface area contributed by atoms with Crippen LogP contribution in [0.3, 0.4) is 0 Å². The smallest absolute Gasteiger partial charge is 0.258 e. The first kappa shape index (κ1) is 23.8. The van der Waals surface area contributed by atoms with Crippen LogP contribution in [0.25, 0.3) is 17.0 Å². The van der Waals surface area contributed by atoms with Crippen molar-refractivity contribution in [2.24, 2.45) is 0 Å². The van der Waals surface area contributed by atoms with Gasteiger partial charge in [-0.3, -0.25) is 4.90 Å². The summed E-state index contributed by atoms with van der Waals surface area (Å²) >= 11 is 5.86. The first-order chi connectivity index (χ1) is 17.5. The van der Waals surface area contributed by atoms with Gasteiger partial charge in [-0.05, 0) is 67.9 Å². The molecule has 1 aromatic heterocycles. The third-order valence-electron chi connectivity index (χ3n) is 6.48. The van der Waals surface area contributed by atoms with Gasteiger partial charge in [0.2, 0.25) is 5.82 Å². The quantitative estimate of drug-likeness (QED) is 0.306. The number of allylic oxidation sites excluding steroid dienone is 1. The van der Waals surface area contributed by atoms with Crippen LogP contribution >= 0.6 is 12.2 Å². The van der Waals surface area contributed by atoms with Crippen LogP contribution < -0.4 is 15.0 Å². The molecule has 1 aliphatic heterocycles. The molecule has 36 heavy (non-hydrogen) atoms. The summed E-state index contributed by atoms with van der Waals surface area (Å²) in [5, 5.41) is 8.45. The molecule has 0 amide bonds. The van der Waals surface area contributed by atoms with E-state index in [9.17, 15) is 0 Å². The molecule has 182 valence electrons. The van der Waals surface area contributed by atoms with Crippen molar-refractivity contribution in [2.45, 2.75) is 33.2 Å². The highest BCUT2D eigenvalue weighted by atomic mass is 32.1. The van der Waals surface area contributed by atoms with E-state index in [0.717, 1.165) is 40.3 Å². The molecule has 2 heterocycles. The van der Waals surface area contributed by atoms with E-state index in [1.807, 2.05) is 36.1 Å². The van der Waals surface area contributed by atoms with Gasteiger partial charge in [-0.2, -0.15) is 4.98 Å². The number of benzene rings is 3. The number of methoxy groups -OCH3 is 1. The molecule has 1 atom stereocenters. The molecule has 0 spiro atoms. The van der Waals surface area contributed by atoms with Crippen molar-refractivity contribution in [2.75, 3.05) is 12.0 Å². The number of nitrogens with zero attached hydrogens (tertiary/aromatic N) is 3. The van der Waals surface area contributed by atoms with Gasteiger partial charge in [0.25, 0.3) is 5.89 Å². The summed E-state index contributed by atoms with van der Waals surface area (Å²) in [4.78, 5) is 6.83. The second-order valence-corrected chi connectivity index (χ2v) is 9.19. The zero-order chi connectivity index (χ0) is 25.2. The molecular formula is C29H28N4O2S. The molecule has 0 aliphatic carbocycles. The summed E-state index contributed by atoms with van der Waals surface area (Å²) in [5.74, 6) is 1.68. The van der Waals surface area contributed by atoms with Crippen molar-refractivity contribution < 1.29 is 9.26 Å². The van der Waals surface area contributed by atoms with E-state index in [-0.39, 0.29) is 6.04 Å². The van der Waals surface area contributed by atoms with Crippen molar-refractivity contribution in [3.63, 3.8) is 0 Å². The van der Waals surface area contributed by atoms with Gasteiger partial charge < -0.3 is 14.6 Å². The van der Waals surface area contributed by atoms with Crippen LogP contribution in [0.1, 0.15) is 42.5 Å².